The summed E-state index contributed by atoms with van der Waals surface area (Å²) in [5.74, 6) is 0.986. The van der Waals surface area contributed by atoms with Gasteiger partial charge in [-0.2, -0.15) is 4.98 Å². The summed E-state index contributed by atoms with van der Waals surface area (Å²) in [7, 11) is 0. The van der Waals surface area contributed by atoms with E-state index in [0.717, 1.165) is 0 Å². The standard InChI is InChI=1S/C19H24N4O3/c1-4-12-20-19(25)14-8-5-6-9-15(14)21-16(24)10-7-11-17-22-18(13(2)3)23-26-17/h4-6,8-9,13H,1,7,10-12H2,2-3H3,(H,20,25)(H,21,24). The van der Waals surface area contributed by atoms with E-state index in [0.29, 0.717) is 48.8 Å². The van der Waals surface area contributed by atoms with Crippen LogP contribution in [0, 0.1) is 0 Å². The third-order valence-corrected chi connectivity index (χ3v) is 3.65. The number of nitrogens with zero attached hydrogens (tertiary/aromatic N) is 2. The minimum absolute atomic E-state index is 0.169. The number of benzene rings is 1. The van der Waals surface area contributed by atoms with Crippen LogP contribution in [0.1, 0.15) is 54.7 Å². The lowest BCUT2D eigenvalue weighted by Crippen LogP contribution is -2.25. The smallest absolute Gasteiger partial charge is 0.253 e. The SMILES string of the molecule is C=CCNC(=O)c1ccccc1NC(=O)CCCc1nc(C(C)C)no1. The van der Waals surface area contributed by atoms with Crippen LogP contribution in [0.25, 0.3) is 0 Å². The van der Waals surface area contributed by atoms with Crippen LogP contribution in [0.15, 0.2) is 41.4 Å². The number of aromatic nitrogens is 2. The Morgan fingerprint density at radius 3 is 2.77 bits per heavy atom. The lowest BCUT2D eigenvalue weighted by atomic mass is 10.1. The molecule has 0 saturated carbocycles. The summed E-state index contributed by atoms with van der Waals surface area (Å²) in [6.45, 7) is 7.91. The molecule has 1 heterocycles. The number of carbonyl (C=O) groups excluding carboxylic acids is 2. The lowest BCUT2D eigenvalue weighted by Gasteiger charge is -2.10. The highest BCUT2D eigenvalue weighted by Crippen LogP contribution is 2.16. The maximum absolute atomic E-state index is 12.2. The molecule has 0 atom stereocenters. The van der Waals surface area contributed by atoms with Crippen molar-refractivity contribution in [3.63, 3.8) is 0 Å². The Morgan fingerprint density at radius 1 is 1.31 bits per heavy atom. The first-order valence-corrected chi connectivity index (χ1v) is 8.61. The second kappa shape index (κ2) is 9.50. The Balaban J connectivity index is 1.87. The molecule has 2 rings (SSSR count). The largest absolute Gasteiger partial charge is 0.349 e. The summed E-state index contributed by atoms with van der Waals surface area (Å²) in [4.78, 5) is 28.6. The fourth-order valence-electron chi connectivity index (χ4n) is 2.27. The van der Waals surface area contributed by atoms with Gasteiger partial charge in [-0.1, -0.05) is 37.2 Å². The molecule has 0 spiro atoms. The summed E-state index contributed by atoms with van der Waals surface area (Å²) >= 11 is 0. The average molecular weight is 356 g/mol. The molecule has 138 valence electrons. The molecule has 0 bridgehead atoms. The number of para-hydroxylation sites is 1. The van der Waals surface area contributed by atoms with Gasteiger partial charge in [-0.25, -0.2) is 0 Å². The molecule has 1 aromatic carbocycles. The van der Waals surface area contributed by atoms with Crippen molar-refractivity contribution in [1.29, 1.82) is 0 Å². The highest BCUT2D eigenvalue weighted by atomic mass is 16.5. The maximum Gasteiger partial charge on any atom is 0.253 e. The molecule has 0 saturated heterocycles. The zero-order valence-electron chi connectivity index (χ0n) is 15.1. The monoisotopic (exact) mass is 356 g/mol. The highest BCUT2D eigenvalue weighted by molar-refractivity contribution is 6.03. The van der Waals surface area contributed by atoms with E-state index in [1.807, 2.05) is 13.8 Å². The molecule has 0 aliphatic carbocycles. The normalized spacial score (nSPS) is 10.6. The van der Waals surface area contributed by atoms with E-state index >= 15 is 0 Å². The van der Waals surface area contributed by atoms with Crippen molar-refractivity contribution in [2.45, 2.75) is 39.0 Å². The van der Waals surface area contributed by atoms with E-state index in [1.165, 1.54) is 0 Å². The molecule has 0 fully saturated rings. The zero-order valence-corrected chi connectivity index (χ0v) is 15.1. The van der Waals surface area contributed by atoms with Crippen molar-refractivity contribution in [3.8, 4) is 0 Å². The number of anilines is 1. The van der Waals surface area contributed by atoms with Crippen molar-refractivity contribution < 1.29 is 14.1 Å². The summed E-state index contributed by atoms with van der Waals surface area (Å²) in [5, 5.41) is 9.39. The first-order valence-electron chi connectivity index (χ1n) is 8.61. The number of hydrogen-bond donors (Lipinski definition) is 2. The maximum atomic E-state index is 12.2. The van der Waals surface area contributed by atoms with Gasteiger partial charge in [0.2, 0.25) is 11.8 Å². The van der Waals surface area contributed by atoms with Crippen molar-refractivity contribution in [2.24, 2.45) is 0 Å². The van der Waals surface area contributed by atoms with Crippen LogP contribution in [0.5, 0.6) is 0 Å². The van der Waals surface area contributed by atoms with Crippen LogP contribution < -0.4 is 10.6 Å². The summed E-state index contributed by atoms with van der Waals surface area (Å²) in [6, 6.07) is 6.89. The second-order valence-electron chi connectivity index (χ2n) is 6.15. The molecule has 26 heavy (non-hydrogen) atoms. The Kier molecular flexibility index (Phi) is 7.08. The molecule has 1 aromatic heterocycles. The van der Waals surface area contributed by atoms with Crippen LogP contribution in [-0.4, -0.2) is 28.5 Å². The minimum Gasteiger partial charge on any atom is -0.349 e. The average Bonchev–Trinajstić information content (AvgIpc) is 3.09. The van der Waals surface area contributed by atoms with Crippen molar-refractivity contribution in [3.05, 3.63) is 54.2 Å². The van der Waals surface area contributed by atoms with Crippen molar-refractivity contribution in [1.82, 2.24) is 15.5 Å². The Labute approximate surface area is 152 Å². The van der Waals surface area contributed by atoms with Gasteiger partial charge in [0, 0.05) is 25.3 Å². The first-order chi connectivity index (χ1) is 12.5. The van der Waals surface area contributed by atoms with E-state index in [-0.39, 0.29) is 17.7 Å². The predicted molar refractivity (Wildman–Crippen MR) is 98.9 cm³/mol. The van der Waals surface area contributed by atoms with Crippen molar-refractivity contribution >= 4 is 17.5 Å². The topological polar surface area (TPSA) is 97.1 Å². The molecule has 2 N–H and O–H groups in total. The third-order valence-electron chi connectivity index (χ3n) is 3.65. The molecule has 2 amide bonds. The van der Waals surface area contributed by atoms with Crippen LogP contribution in [0.2, 0.25) is 0 Å². The van der Waals surface area contributed by atoms with Crippen molar-refractivity contribution in [2.75, 3.05) is 11.9 Å². The molecule has 0 unspecified atom stereocenters. The van der Waals surface area contributed by atoms with Gasteiger partial charge in [0.15, 0.2) is 5.82 Å². The zero-order chi connectivity index (χ0) is 18.9. The molecular weight excluding hydrogens is 332 g/mol. The van der Waals surface area contributed by atoms with Gasteiger partial charge in [-0.3, -0.25) is 9.59 Å². The minimum atomic E-state index is -0.257. The van der Waals surface area contributed by atoms with Crippen LogP contribution in [-0.2, 0) is 11.2 Å². The molecule has 7 nitrogen and oxygen atoms in total. The number of amides is 2. The molecule has 7 heteroatoms. The first kappa shape index (κ1) is 19.4. The molecule has 0 aliphatic heterocycles. The lowest BCUT2D eigenvalue weighted by molar-refractivity contribution is -0.116. The Bertz CT molecular complexity index is 768. The van der Waals surface area contributed by atoms with Gasteiger partial charge in [0.25, 0.3) is 5.91 Å². The van der Waals surface area contributed by atoms with Gasteiger partial charge in [0.05, 0.1) is 11.3 Å². The van der Waals surface area contributed by atoms with Gasteiger partial charge >= 0.3 is 0 Å². The van der Waals surface area contributed by atoms with E-state index in [9.17, 15) is 9.59 Å². The van der Waals surface area contributed by atoms with Gasteiger partial charge in [-0.05, 0) is 18.6 Å². The molecule has 2 aromatic rings. The summed E-state index contributed by atoms with van der Waals surface area (Å²) in [5.41, 5.74) is 0.903. The van der Waals surface area contributed by atoms with Gasteiger partial charge < -0.3 is 15.2 Å². The molecular formula is C19H24N4O3. The highest BCUT2D eigenvalue weighted by Gasteiger charge is 2.13. The number of aryl methyl sites for hydroxylation is 1. The number of rotatable bonds is 9. The molecule has 0 aliphatic rings. The number of nitrogens with one attached hydrogen (secondary N) is 2. The van der Waals surface area contributed by atoms with E-state index in [2.05, 4.69) is 27.4 Å². The number of carbonyl (C=O) groups is 2. The summed E-state index contributed by atoms with van der Waals surface area (Å²) in [6.07, 6.45) is 3.01. The fourth-order valence-corrected chi connectivity index (χ4v) is 2.27. The van der Waals surface area contributed by atoms with Gasteiger partial charge in [0.1, 0.15) is 0 Å². The Hall–Kier alpha value is -2.96. The van der Waals surface area contributed by atoms with Gasteiger partial charge in [-0.15, -0.1) is 6.58 Å². The van der Waals surface area contributed by atoms with E-state index in [4.69, 9.17) is 4.52 Å². The second-order valence-corrected chi connectivity index (χ2v) is 6.15. The van der Waals surface area contributed by atoms with E-state index < -0.39 is 0 Å². The van der Waals surface area contributed by atoms with Crippen LogP contribution >= 0.6 is 0 Å². The summed E-state index contributed by atoms with van der Waals surface area (Å²) < 4.78 is 5.16. The third kappa shape index (κ3) is 5.54. The van der Waals surface area contributed by atoms with Crippen LogP contribution in [0.3, 0.4) is 0 Å². The molecule has 0 radical (unpaired) electrons. The number of hydrogen-bond acceptors (Lipinski definition) is 5. The quantitative estimate of drug-likeness (QED) is 0.673. The predicted octanol–water partition coefficient (Wildman–Crippen LogP) is 3.07. The van der Waals surface area contributed by atoms with E-state index in [1.54, 1.807) is 30.3 Å². The van der Waals surface area contributed by atoms with Crippen LogP contribution in [0.4, 0.5) is 5.69 Å². The fraction of sp³-hybridized carbons (Fsp3) is 0.368. The Morgan fingerprint density at radius 2 is 2.08 bits per heavy atom.